The van der Waals surface area contributed by atoms with Gasteiger partial charge in [-0.1, -0.05) is 13.8 Å². The summed E-state index contributed by atoms with van der Waals surface area (Å²) in [6.45, 7) is 7.35. The van der Waals surface area contributed by atoms with Crippen molar-refractivity contribution >= 4 is 47.1 Å². The van der Waals surface area contributed by atoms with Gasteiger partial charge in [0.2, 0.25) is 11.9 Å². The van der Waals surface area contributed by atoms with Gasteiger partial charge >= 0.3 is 0 Å². The molecular weight excluding hydrogens is 669 g/mol. The van der Waals surface area contributed by atoms with Gasteiger partial charge in [0.15, 0.2) is 0 Å². The molecule has 0 aliphatic rings. The summed E-state index contributed by atoms with van der Waals surface area (Å²) in [5, 5.41) is 18.1. The molecule has 6 heterocycles. The van der Waals surface area contributed by atoms with Gasteiger partial charge in [0.05, 0.1) is 35.8 Å². The van der Waals surface area contributed by atoms with Crippen LogP contribution in [0.4, 0.5) is 23.5 Å². The minimum Gasteiger partial charge on any atom is -0.370 e. The van der Waals surface area contributed by atoms with E-state index < -0.39 is 0 Å². The van der Waals surface area contributed by atoms with Gasteiger partial charge in [-0.3, -0.25) is 0 Å². The van der Waals surface area contributed by atoms with Crippen LogP contribution in [0.2, 0.25) is 0 Å². The summed E-state index contributed by atoms with van der Waals surface area (Å²) in [5.41, 5.74) is 2.83. The van der Waals surface area contributed by atoms with Crippen molar-refractivity contribution in [1.29, 1.82) is 0 Å². The fraction of sp³-hybridized carbons (Fsp3) is 0.294. The molecule has 1 unspecified atom stereocenters. The van der Waals surface area contributed by atoms with Gasteiger partial charge < -0.3 is 25.8 Å². The Bertz CT molecular complexity index is 1860. The number of anilines is 4. The molecule has 0 aromatic carbocycles. The molecule has 6 rings (SSSR count). The molecule has 0 radical (unpaired) electrons. The summed E-state index contributed by atoms with van der Waals surface area (Å²) in [7, 11) is 0. The minimum absolute atomic E-state index is 0.335. The van der Waals surface area contributed by atoms with Crippen molar-refractivity contribution in [2.24, 2.45) is 11.8 Å². The summed E-state index contributed by atoms with van der Waals surface area (Å²) >= 11 is 3.27. The summed E-state index contributed by atoms with van der Waals surface area (Å²) in [4.78, 5) is 32.9. The number of imidazole rings is 1. The van der Waals surface area contributed by atoms with Gasteiger partial charge in [0, 0.05) is 85.1 Å². The smallest absolute Gasteiger partial charge is 0.222 e. The maximum Gasteiger partial charge on any atom is 0.222 e. The molecule has 2 atom stereocenters. The van der Waals surface area contributed by atoms with Crippen LogP contribution in [0.15, 0.2) is 102 Å². The van der Waals surface area contributed by atoms with E-state index in [9.17, 15) is 0 Å². The Morgan fingerprint density at radius 2 is 1.22 bits per heavy atom. The topological polar surface area (TPSA) is 161 Å². The lowest BCUT2D eigenvalue weighted by molar-refractivity contribution is 0.644. The van der Waals surface area contributed by atoms with E-state index in [-0.39, 0.29) is 0 Å². The SMILES string of the molecule is CSc1cnc(NCC(C)CNc2ccc(-n3ccc(CSc4cnc(NC[C@H](C)CNc5ccc(-n6ccnc6)cn5)nc4)n3)cn2)nc1. The molecule has 0 spiro atoms. The number of hydrogen-bond donors (Lipinski definition) is 4. The van der Waals surface area contributed by atoms with Crippen LogP contribution in [-0.4, -0.2) is 81.7 Å². The zero-order valence-corrected chi connectivity index (χ0v) is 29.8. The molecule has 0 aliphatic carbocycles. The van der Waals surface area contributed by atoms with Crippen molar-refractivity contribution in [1.82, 2.24) is 49.2 Å². The van der Waals surface area contributed by atoms with Crippen LogP contribution in [-0.2, 0) is 5.75 Å². The Labute approximate surface area is 299 Å². The average Bonchev–Trinajstić information content (AvgIpc) is 3.88. The number of nitrogens with zero attached hydrogens (tertiary/aromatic N) is 10. The van der Waals surface area contributed by atoms with E-state index in [1.54, 1.807) is 36.0 Å². The molecule has 0 saturated carbocycles. The number of aromatic nitrogens is 10. The van der Waals surface area contributed by atoms with Gasteiger partial charge in [-0.25, -0.2) is 39.6 Å². The lowest BCUT2D eigenvalue weighted by Crippen LogP contribution is -2.21. The lowest BCUT2D eigenvalue weighted by Gasteiger charge is -2.14. The summed E-state index contributed by atoms with van der Waals surface area (Å²) in [6, 6.07) is 9.98. The molecule has 6 aromatic rings. The lowest BCUT2D eigenvalue weighted by atomic mass is 10.2. The van der Waals surface area contributed by atoms with Crippen molar-refractivity contribution < 1.29 is 0 Å². The van der Waals surface area contributed by atoms with Gasteiger partial charge in [-0.05, 0) is 48.4 Å². The van der Waals surface area contributed by atoms with Gasteiger partial charge in [-0.15, -0.1) is 23.5 Å². The second-order valence-corrected chi connectivity index (χ2v) is 13.7. The molecule has 0 amide bonds. The highest BCUT2D eigenvalue weighted by Crippen LogP contribution is 2.22. The van der Waals surface area contributed by atoms with Crippen molar-refractivity contribution in [3.8, 4) is 11.4 Å². The zero-order chi connectivity index (χ0) is 34.5. The van der Waals surface area contributed by atoms with E-state index in [4.69, 9.17) is 5.10 Å². The van der Waals surface area contributed by atoms with Crippen molar-refractivity contribution in [2.45, 2.75) is 29.4 Å². The highest BCUT2D eigenvalue weighted by molar-refractivity contribution is 7.98. The summed E-state index contributed by atoms with van der Waals surface area (Å²) < 4.78 is 3.76. The molecule has 50 heavy (non-hydrogen) atoms. The molecular formula is C34H40N14S2. The Kier molecular flexibility index (Phi) is 12.1. The average molecular weight is 709 g/mol. The molecule has 16 heteroatoms. The largest absolute Gasteiger partial charge is 0.370 e. The van der Waals surface area contributed by atoms with Crippen LogP contribution in [0.25, 0.3) is 11.4 Å². The highest BCUT2D eigenvalue weighted by atomic mass is 32.2. The van der Waals surface area contributed by atoms with E-state index in [0.717, 1.165) is 64.7 Å². The van der Waals surface area contributed by atoms with Gasteiger partial charge in [0.25, 0.3) is 0 Å². The van der Waals surface area contributed by atoms with Gasteiger partial charge in [0.1, 0.15) is 11.6 Å². The molecule has 14 nitrogen and oxygen atoms in total. The third-order valence-corrected chi connectivity index (χ3v) is 9.23. The van der Waals surface area contributed by atoms with Crippen LogP contribution in [0.3, 0.4) is 0 Å². The van der Waals surface area contributed by atoms with Gasteiger partial charge in [-0.2, -0.15) is 5.10 Å². The van der Waals surface area contributed by atoms with E-state index in [0.29, 0.717) is 29.5 Å². The monoisotopic (exact) mass is 708 g/mol. The Morgan fingerprint density at radius 1 is 0.640 bits per heavy atom. The van der Waals surface area contributed by atoms with Crippen LogP contribution in [0.5, 0.6) is 0 Å². The molecule has 258 valence electrons. The first-order valence-electron chi connectivity index (χ1n) is 16.2. The molecule has 4 N–H and O–H groups in total. The first-order valence-corrected chi connectivity index (χ1v) is 18.4. The molecule has 0 fully saturated rings. The fourth-order valence-electron chi connectivity index (χ4n) is 4.65. The molecule has 0 bridgehead atoms. The van der Waals surface area contributed by atoms with E-state index >= 15 is 0 Å². The normalized spacial score (nSPS) is 12.3. The maximum absolute atomic E-state index is 4.73. The second-order valence-electron chi connectivity index (χ2n) is 11.7. The van der Waals surface area contributed by atoms with Crippen LogP contribution in [0, 0.1) is 11.8 Å². The Balaban J connectivity index is 0.880. The van der Waals surface area contributed by atoms with Crippen molar-refractivity contribution in [2.75, 3.05) is 53.7 Å². The number of rotatable bonds is 18. The van der Waals surface area contributed by atoms with E-state index in [1.165, 1.54) is 0 Å². The van der Waals surface area contributed by atoms with E-state index in [2.05, 4.69) is 70.0 Å². The zero-order valence-electron chi connectivity index (χ0n) is 28.1. The highest BCUT2D eigenvalue weighted by Gasteiger charge is 2.08. The molecule has 0 aliphatic heterocycles. The van der Waals surface area contributed by atoms with Crippen molar-refractivity contribution in [3.05, 3.63) is 98.1 Å². The quantitative estimate of drug-likeness (QED) is 0.0798. The third-order valence-electron chi connectivity index (χ3n) is 7.57. The second kappa shape index (κ2) is 17.4. The third kappa shape index (κ3) is 10.1. The fourth-order valence-corrected chi connectivity index (χ4v) is 5.69. The van der Waals surface area contributed by atoms with Crippen LogP contribution in [0.1, 0.15) is 19.5 Å². The minimum atomic E-state index is 0.335. The summed E-state index contributed by atoms with van der Waals surface area (Å²) in [6.07, 6.45) is 20.3. The molecule has 0 saturated heterocycles. The predicted octanol–water partition coefficient (Wildman–Crippen LogP) is 5.76. The first-order chi connectivity index (χ1) is 24.5. The summed E-state index contributed by atoms with van der Waals surface area (Å²) in [5.74, 6) is 4.29. The van der Waals surface area contributed by atoms with E-state index in [1.807, 2.05) is 95.4 Å². The number of pyridine rings is 2. The Hall–Kier alpha value is -5.22. The number of hydrogen-bond acceptors (Lipinski definition) is 14. The Morgan fingerprint density at radius 3 is 1.76 bits per heavy atom. The molecule has 6 aromatic heterocycles. The maximum atomic E-state index is 4.73. The number of nitrogens with one attached hydrogen (secondary N) is 4. The van der Waals surface area contributed by atoms with Crippen LogP contribution < -0.4 is 21.3 Å². The predicted molar refractivity (Wildman–Crippen MR) is 200 cm³/mol. The standard InChI is InChI=1S/C34H40N14S2/c1-24(12-36-31-6-4-27(16-38-31)47-11-9-35-23-47)15-41-34-44-20-30(21-45-34)50-22-26-8-10-48(46-26)28-5-7-32(39-17-28)37-13-25(2)14-40-33-42-18-29(49-3)19-43-33/h4-11,16-21,23-25H,12-15,22H2,1-3H3,(H,36,38)(H,37,39)(H,40,42,43)(H,41,44,45)/t24-,25?/m1/s1. The van der Waals surface area contributed by atoms with Crippen molar-refractivity contribution in [3.63, 3.8) is 0 Å². The number of thioether (sulfide) groups is 2. The van der Waals surface area contributed by atoms with Crippen LogP contribution >= 0.6 is 23.5 Å². The first kappa shape index (κ1) is 34.6.